The highest BCUT2D eigenvalue weighted by Gasteiger charge is 2.06. The maximum atomic E-state index is 9.00. The highest BCUT2D eigenvalue weighted by Crippen LogP contribution is 2.16. The molecule has 0 radical (unpaired) electrons. The van der Waals surface area contributed by atoms with Crippen LogP contribution in [0.4, 0.5) is 0 Å². The summed E-state index contributed by atoms with van der Waals surface area (Å²) in [4.78, 5) is 2.00. The molecular formula is C15H23NO3. The van der Waals surface area contributed by atoms with E-state index >= 15 is 0 Å². The lowest BCUT2D eigenvalue weighted by Gasteiger charge is -2.20. The van der Waals surface area contributed by atoms with Crippen molar-refractivity contribution < 1.29 is 14.9 Å². The molecule has 0 saturated carbocycles. The first kappa shape index (κ1) is 15.7. The smallest absolute Gasteiger partial charge is 0.119 e. The minimum absolute atomic E-state index is 0.0886. The van der Waals surface area contributed by atoms with Gasteiger partial charge in [-0.3, -0.25) is 4.90 Å². The third-order valence-electron chi connectivity index (χ3n) is 2.81. The fourth-order valence-electron chi connectivity index (χ4n) is 1.91. The average Bonchev–Trinajstić information content (AvgIpc) is 2.40. The van der Waals surface area contributed by atoms with Crippen LogP contribution in [0.15, 0.2) is 30.8 Å². The molecule has 2 N–H and O–H groups in total. The maximum absolute atomic E-state index is 9.00. The van der Waals surface area contributed by atoms with Crippen molar-refractivity contribution >= 4 is 5.76 Å². The quantitative estimate of drug-likeness (QED) is 0.664. The Kier molecular flexibility index (Phi) is 7.18. The Morgan fingerprint density at radius 3 is 2.53 bits per heavy atom. The first-order chi connectivity index (χ1) is 9.21. The van der Waals surface area contributed by atoms with Gasteiger partial charge in [0.05, 0.1) is 19.8 Å². The van der Waals surface area contributed by atoms with E-state index in [0.717, 1.165) is 11.1 Å². The maximum Gasteiger partial charge on any atom is 0.119 e. The molecule has 0 saturated heterocycles. The van der Waals surface area contributed by atoms with Crippen molar-refractivity contribution in [1.29, 1.82) is 0 Å². The van der Waals surface area contributed by atoms with Crippen LogP contribution in [-0.4, -0.2) is 48.0 Å². The summed E-state index contributed by atoms with van der Waals surface area (Å²) in [6.45, 7) is 8.39. The molecule has 0 aliphatic carbocycles. The summed E-state index contributed by atoms with van der Waals surface area (Å²) in [5.41, 5.74) is 2.08. The van der Waals surface area contributed by atoms with E-state index in [1.165, 1.54) is 0 Å². The van der Waals surface area contributed by atoms with Crippen molar-refractivity contribution in [2.24, 2.45) is 0 Å². The summed E-state index contributed by atoms with van der Waals surface area (Å²) >= 11 is 0. The summed E-state index contributed by atoms with van der Waals surface area (Å²) in [6, 6.07) is 7.97. The van der Waals surface area contributed by atoms with E-state index in [4.69, 9.17) is 14.9 Å². The largest absolute Gasteiger partial charge is 0.494 e. The Morgan fingerprint density at radius 1 is 1.26 bits per heavy atom. The lowest BCUT2D eigenvalue weighted by atomic mass is 10.1. The Hall–Kier alpha value is -1.36. The molecule has 0 aromatic heterocycles. The molecule has 1 rings (SSSR count). The van der Waals surface area contributed by atoms with Crippen molar-refractivity contribution in [3.05, 3.63) is 42.0 Å². The number of hydrogen-bond donors (Lipinski definition) is 2. The number of benzene rings is 1. The van der Waals surface area contributed by atoms with Crippen molar-refractivity contribution in [2.45, 2.75) is 13.5 Å². The number of ether oxygens (including phenoxy) is 1. The van der Waals surface area contributed by atoms with Gasteiger partial charge in [0, 0.05) is 25.2 Å². The Morgan fingerprint density at radius 2 is 1.95 bits per heavy atom. The molecule has 0 atom stereocenters. The molecule has 0 heterocycles. The van der Waals surface area contributed by atoms with Crippen molar-refractivity contribution in [3.8, 4) is 0 Å². The van der Waals surface area contributed by atoms with Crippen LogP contribution < -0.4 is 0 Å². The Bertz CT molecular complexity index is 387. The van der Waals surface area contributed by atoms with Gasteiger partial charge in [0.25, 0.3) is 0 Å². The van der Waals surface area contributed by atoms with Crippen molar-refractivity contribution in [2.75, 3.05) is 32.9 Å². The van der Waals surface area contributed by atoms with Crippen LogP contribution in [-0.2, 0) is 11.3 Å². The van der Waals surface area contributed by atoms with Gasteiger partial charge in [-0.05, 0) is 18.6 Å². The van der Waals surface area contributed by atoms with Crippen LogP contribution in [0.5, 0.6) is 0 Å². The van der Waals surface area contributed by atoms with E-state index in [9.17, 15) is 0 Å². The van der Waals surface area contributed by atoms with Crippen LogP contribution in [0.25, 0.3) is 5.76 Å². The van der Waals surface area contributed by atoms with E-state index in [0.29, 0.717) is 32.0 Å². The first-order valence-electron chi connectivity index (χ1n) is 6.56. The number of aliphatic hydroxyl groups excluding tert-OH is 2. The molecular weight excluding hydrogens is 242 g/mol. The molecule has 19 heavy (non-hydrogen) atoms. The molecule has 1 aromatic carbocycles. The molecule has 0 unspecified atom stereocenters. The van der Waals surface area contributed by atoms with Crippen molar-refractivity contribution in [1.82, 2.24) is 4.90 Å². The van der Waals surface area contributed by atoms with Crippen LogP contribution in [0, 0.1) is 0 Å². The Labute approximate surface area is 114 Å². The molecule has 0 fully saturated rings. The highest BCUT2D eigenvalue weighted by atomic mass is 16.5. The molecule has 1 aromatic rings. The second kappa shape index (κ2) is 8.69. The first-order valence-corrected chi connectivity index (χ1v) is 6.56. The van der Waals surface area contributed by atoms with E-state index in [1.807, 2.05) is 36.1 Å². The summed E-state index contributed by atoms with van der Waals surface area (Å²) < 4.78 is 5.39. The van der Waals surface area contributed by atoms with Crippen molar-refractivity contribution in [3.63, 3.8) is 0 Å². The van der Waals surface area contributed by atoms with Gasteiger partial charge in [0.15, 0.2) is 0 Å². The van der Waals surface area contributed by atoms with Crippen LogP contribution >= 0.6 is 0 Å². The second-order valence-electron chi connectivity index (χ2n) is 4.28. The lowest BCUT2D eigenvalue weighted by molar-refractivity contribution is 0.156. The summed E-state index contributed by atoms with van der Waals surface area (Å²) in [5, 5.41) is 18.0. The monoisotopic (exact) mass is 265 g/mol. The van der Waals surface area contributed by atoms with Gasteiger partial charge in [-0.2, -0.15) is 0 Å². The number of nitrogens with zero attached hydrogens (tertiary/aromatic N) is 1. The second-order valence-corrected chi connectivity index (χ2v) is 4.28. The van der Waals surface area contributed by atoms with E-state index in [2.05, 4.69) is 6.58 Å². The molecule has 106 valence electrons. The predicted molar refractivity (Wildman–Crippen MR) is 76.6 cm³/mol. The minimum atomic E-state index is 0.0886. The normalized spacial score (nSPS) is 10.7. The zero-order valence-corrected chi connectivity index (χ0v) is 11.5. The zero-order valence-electron chi connectivity index (χ0n) is 11.5. The highest BCUT2D eigenvalue weighted by molar-refractivity contribution is 5.58. The summed E-state index contributed by atoms with van der Waals surface area (Å²) in [7, 11) is 0. The van der Waals surface area contributed by atoms with Gasteiger partial charge in [0.1, 0.15) is 5.76 Å². The van der Waals surface area contributed by atoms with Gasteiger partial charge in [-0.25, -0.2) is 0 Å². The van der Waals surface area contributed by atoms with Crippen LogP contribution in [0.1, 0.15) is 18.1 Å². The SMILES string of the molecule is C=C(OCC)c1cccc(CN(CCO)CCO)c1. The molecule has 0 aliphatic heterocycles. The zero-order chi connectivity index (χ0) is 14.1. The lowest BCUT2D eigenvalue weighted by Crippen LogP contribution is -2.29. The average molecular weight is 265 g/mol. The molecule has 4 heteroatoms. The number of rotatable bonds is 9. The van der Waals surface area contributed by atoms with Crippen LogP contribution in [0.3, 0.4) is 0 Å². The van der Waals surface area contributed by atoms with Gasteiger partial charge >= 0.3 is 0 Å². The van der Waals surface area contributed by atoms with E-state index in [-0.39, 0.29) is 13.2 Å². The predicted octanol–water partition coefficient (Wildman–Crippen LogP) is 1.48. The molecule has 0 amide bonds. The number of hydrogen-bond acceptors (Lipinski definition) is 4. The van der Waals surface area contributed by atoms with E-state index in [1.54, 1.807) is 0 Å². The standard InChI is InChI=1S/C15H23NO3/c1-3-19-13(2)15-6-4-5-14(11-15)12-16(7-9-17)8-10-18/h4-6,11,17-18H,2-3,7-10,12H2,1H3. The third-order valence-corrected chi connectivity index (χ3v) is 2.81. The minimum Gasteiger partial charge on any atom is -0.494 e. The van der Waals surface area contributed by atoms with Gasteiger partial charge in [-0.1, -0.05) is 24.8 Å². The molecule has 0 spiro atoms. The van der Waals surface area contributed by atoms with Crippen LogP contribution in [0.2, 0.25) is 0 Å². The molecule has 0 aliphatic rings. The summed E-state index contributed by atoms with van der Waals surface area (Å²) in [6.07, 6.45) is 0. The fraction of sp³-hybridized carbons (Fsp3) is 0.467. The Balaban J connectivity index is 2.72. The number of aliphatic hydroxyl groups is 2. The van der Waals surface area contributed by atoms with E-state index < -0.39 is 0 Å². The topological polar surface area (TPSA) is 52.9 Å². The van der Waals surface area contributed by atoms with Gasteiger partial charge < -0.3 is 14.9 Å². The fourth-order valence-corrected chi connectivity index (χ4v) is 1.91. The van der Waals surface area contributed by atoms with Gasteiger partial charge in [-0.15, -0.1) is 0 Å². The molecule has 0 bridgehead atoms. The van der Waals surface area contributed by atoms with Gasteiger partial charge in [0.2, 0.25) is 0 Å². The third kappa shape index (κ3) is 5.42. The summed E-state index contributed by atoms with van der Waals surface area (Å²) in [5.74, 6) is 0.667. The molecule has 4 nitrogen and oxygen atoms in total.